The molecule has 0 spiro atoms. The molecule has 2 heterocycles. The number of rotatable bonds is 6. The molecule has 0 amide bonds. The zero-order valence-electron chi connectivity index (χ0n) is 16.7. The number of fused-ring (bicyclic) bond motifs is 1. The molecule has 0 aliphatic carbocycles. The smallest absolute Gasteiger partial charge is 0.163 e. The number of methoxy groups -OCH3 is 1. The van der Waals surface area contributed by atoms with E-state index in [0.29, 0.717) is 34.0 Å². The molecule has 8 heteroatoms. The average molecular weight is 448 g/mol. The molecule has 1 N–H and O–H groups in total. The molecular weight excluding hydrogens is 425 g/mol. The molecule has 30 heavy (non-hydrogen) atoms. The molecule has 3 aromatic rings. The van der Waals surface area contributed by atoms with Gasteiger partial charge >= 0.3 is 0 Å². The van der Waals surface area contributed by atoms with Crippen LogP contribution in [0.25, 0.3) is 10.9 Å². The number of hydrogen-bond acceptors (Lipinski definition) is 6. The predicted molar refractivity (Wildman–Crippen MR) is 120 cm³/mol. The summed E-state index contributed by atoms with van der Waals surface area (Å²) in [4.78, 5) is 8.77. The Hall–Kier alpha value is -2.28. The summed E-state index contributed by atoms with van der Waals surface area (Å²) in [6.07, 6.45) is 6.11. The second kappa shape index (κ2) is 9.69. The highest BCUT2D eigenvalue weighted by Gasteiger charge is 2.16. The van der Waals surface area contributed by atoms with Gasteiger partial charge < -0.3 is 19.5 Å². The van der Waals surface area contributed by atoms with Crippen molar-refractivity contribution in [1.82, 2.24) is 9.97 Å². The van der Waals surface area contributed by atoms with Gasteiger partial charge in [-0.15, -0.1) is 0 Å². The maximum atomic E-state index is 6.12. The molecule has 6 nitrogen and oxygen atoms in total. The normalized spacial score (nSPS) is 16.8. The fourth-order valence-corrected chi connectivity index (χ4v) is 3.74. The van der Waals surface area contributed by atoms with Gasteiger partial charge in [-0.1, -0.05) is 36.0 Å². The van der Waals surface area contributed by atoms with E-state index in [9.17, 15) is 0 Å². The van der Waals surface area contributed by atoms with Crippen molar-refractivity contribution < 1.29 is 14.2 Å². The summed E-state index contributed by atoms with van der Waals surface area (Å²) in [6, 6.07) is 9.06. The molecule has 4 rings (SSSR count). The van der Waals surface area contributed by atoms with E-state index in [1.54, 1.807) is 19.2 Å². The largest absolute Gasteiger partial charge is 0.493 e. The zero-order chi connectivity index (χ0) is 20.9. The van der Waals surface area contributed by atoms with Gasteiger partial charge in [-0.3, -0.25) is 0 Å². The first-order valence-electron chi connectivity index (χ1n) is 9.93. The minimum atomic E-state index is 0.102. The van der Waals surface area contributed by atoms with Crippen LogP contribution in [0.1, 0.15) is 25.7 Å². The molecular formula is C22H23Cl2N3O3. The van der Waals surface area contributed by atoms with Crippen LogP contribution >= 0.6 is 23.2 Å². The molecule has 1 aliphatic heterocycles. The highest BCUT2D eigenvalue weighted by atomic mass is 35.5. The number of aromatic nitrogens is 2. The first kappa shape index (κ1) is 21.0. The lowest BCUT2D eigenvalue weighted by Crippen LogP contribution is -2.21. The molecule has 1 unspecified atom stereocenters. The summed E-state index contributed by atoms with van der Waals surface area (Å²) in [5.74, 6) is 1.88. The number of anilines is 2. The Morgan fingerprint density at radius 1 is 1.07 bits per heavy atom. The van der Waals surface area contributed by atoms with E-state index in [0.717, 1.165) is 36.0 Å². The van der Waals surface area contributed by atoms with Gasteiger partial charge in [0.25, 0.3) is 0 Å². The predicted octanol–water partition coefficient (Wildman–Crippen LogP) is 6.03. The summed E-state index contributed by atoms with van der Waals surface area (Å²) < 4.78 is 17.5. The van der Waals surface area contributed by atoms with Gasteiger partial charge in [-0.25, -0.2) is 9.97 Å². The molecule has 1 aliphatic rings. The zero-order valence-corrected chi connectivity index (χ0v) is 18.2. The van der Waals surface area contributed by atoms with Crippen molar-refractivity contribution in [3.8, 4) is 11.5 Å². The lowest BCUT2D eigenvalue weighted by atomic mass is 10.1. The Bertz CT molecular complexity index is 1020. The van der Waals surface area contributed by atoms with Crippen LogP contribution in [0.3, 0.4) is 0 Å². The maximum Gasteiger partial charge on any atom is 0.163 e. The van der Waals surface area contributed by atoms with E-state index in [4.69, 9.17) is 37.4 Å². The van der Waals surface area contributed by atoms with Gasteiger partial charge in [0, 0.05) is 23.7 Å². The van der Waals surface area contributed by atoms with Crippen LogP contribution in [0, 0.1) is 0 Å². The van der Waals surface area contributed by atoms with E-state index in [1.807, 2.05) is 18.2 Å². The third-order valence-electron chi connectivity index (χ3n) is 5.05. The number of halogens is 2. The SMILES string of the molecule is COc1cc2c(Nc3ccc(Cl)c(Cl)c3)ncnc2cc1OCC1CCCCCO1. The van der Waals surface area contributed by atoms with Crippen LogP contribution in [0.5, 0.6) is 11.5 Å². The van der Waals surface area contributed by atoms with Crippen molar-refractivity contribution >= 4 is 45.6 Å². The van der Waals surface area contributed by atoms with Crippen molar-refractivity contribution in [3.05, 3.63) is 46.7 Å². The molecule has 1 fully saturated rings. The number of benzene rings is 2. The van der Waals surface area contributed by atoms with Crippen molar-refractivity contribution in [2.24, 2.45) is 0 Å². The number of ether oxygens (including phenoxy) is 3. The lowest BCUT2D eigenvalue weighted by molar-refractivity contribution is 0.0242. The maximum absolute atomic E-state index is 6.12. The Labute approximate surface area is 185 Å². The summed E-state index contributed by atoms with van der Waals surface area (Å²) in [7, 11) is 1.62. The fourth-order valence-electron chi connectivity index (χ4n) is 3.44. The fraction of sp³-hybridized carbons (Fsp3) is 0.364. The van der Waals surface area contributed by atoms with Crippen molar-refractivity contribution in [3.63, 3.8) is 0 Å². The van der Waals surface area contributed by atoms with Gasteiger partial charge in [0.1, 0.15) is 18.8 Å². The third-order valence-corrected chi connectivity index (χ3v) is 5.79. The second-order valence-corrected chi connectivity index (χ2v) is 7.96. The minimum absolute atomic E-state index is 0.102. The number of nitrogens with one attached hydrogen (secondary N) is 1. The van der Waals surface area contributed by atoms with Crippen LogP contribution in [0.2, 0.25) is 10.0 Å². The quantitative estimate of drug-likeness (QED) is 0.497. The molecule has 158 valence electrons. The highest BCUT2D eigenvalue weighted by molar-refractivity contribution is 6.42. The van der Waals surface area contributed by atoms with Gasteiger partial charge in [-0.05, 0) is 37.1 Å². The van der Waals surface area contributed by atoms with Gasteiger partial charge in [0.2, 0.25) is 0 Å². The summed E-state index contributed by atoms with van der Waals surface area (Å²) in [5.41, 5.74) is 1.51. The number of hydrogen-bond donors (Lipinski definition) is 1. The van der Waals surface area contributed by atoms with Crippen LogP contribution in [0.15, 0.2) is 36.7 Å². The van der Waals surface area contributed by atoms with Crippen LogP contribution in [-0.2, 0) is 4.74 Å². The first-order chi connectivity index (χ1) is 14.6. The van der Waals surface area contributed by atoms with Gasteiger partial charge in [0.05, 0.1) is 28.8 Å². The average Bonchev–Trinajstić information content (AvgIpc) is 3.03. The van der Waals surface area contributed by atoms with E-state index >= 15 is 0 Å². The standard InChI is InChI=1S/C22H23Cl2N3O3/c1-28-20-10-16-19(11-21(20)30-12-15-5-3-2-4-8-29-15)25-13-26-22(16)27-14-6-7-17(23)18(24)9-14/h6-7,9-11,13,15H,2-5,8,12H2,1H3,(H,25,26,27). The molecule has 1 saturated heterocycles. The monoisotopic (exact) mass is 447 g/mol. The molecule has 1 atom stereocenters. The van der Waals surface area contributed by atoms with E-state index in [-0.39, 0.29) is 6.10 Å². The van der Waals surface area contributed by atoms with Crippen molar-refractivity contribution in [1.29, 1.82) is 0 Å². The minimum Gasteiger partial charge on any atom is -0.493 e. The van der Waals surface area contributed by atoms with E-state index in [1.165, 1.54) is 19.2 Å². The summed E-state index contributed by atoms with van der Waals surface area (Å²) in [5, 5.41) is 5.03. The Balaban J connectivity index is 1.59. The summed E-state index contributed by atoms with van der Waals surface area (Å²) >= 11 is 12.1. The van der Waals surface area contributed by atoms with Crippen LogP contribution < -0.4 is 14.8 Å². The van der Waals surface area contributed by atoms with E-state index < -0.39 is 0 Å². The van der Waals surface area contributed by atoms with E-state index in [2.05, 4.69) is 15.3 Å². The molecule has 2 aromatic carbocycles. The Kier molecular flexibility index (Phi) is 6.77. The second-order valence-electron chi connectivity index (χ2n) is 7.15. The van der Waals surface area contributed by atoms with Gasteiger partial charge in [-0.2, -0.15) is 0 Å². The molecule has 1 aromatic heterocycles. The Morgan fingerprint density at radius 2 is 1.97 bits per heavy atom. The first-order valence-corrected chi connectivity index (χ1v) is 10.7. The molecule has 0 radical (unpaired) electrons. The van der Waals surface area contributed by atoms with Crippen molar-refractivity contribution in [2.75, 3.05) is 25.6 Å². The summed E-state index contributed by atoms with van der Waals surface area (Å²) in [6.45, 7) is 1.28. The van der Waals surface area contributed by atoms with Crippen LogP contribution in [-0.4, -0.2) is 36.4 Å². The topological polar surface area (TPSA) is 65.5 Å². The highest BCUT2D eigenvalue weighted by Crippen LogP contribution is 2.35. The van der Waals surface area contributed by atoms with Crippen molar-refractivity contribution in [2.45, 2.75) is 31.8 Å². The molecule has 0 bridgehead atoms. The third kappa shape index (κ3) is 4.89. The lowest BCUT2D eigenvalue weighted by Gasteiger charge is -2.18. The molecule has 0 saturated carbocycles. The van der Waals surface area contributed by atoms with Crippen LogP contribution in [0.4, 0.5) is 11.5 Å². The Morgan fingerprint density at radius 3 is 2.80 bits per heavy atom. The van der Waals surface area contributed by atoms with Gasteiger partial charge in [0.15, 0.2) is 11.5 Å². The number of nitrogens with zero attached hydrogens (tertiary/aromatic N) is 2.